The van der Waals surface area contributed by atoms with Gasteiger partial charge >= 0.3 is 5.97 Å². The van der Waals surface area contributed by atoms with Crippen LogP contribution in [0.3, 0.4) is 0 Å². The Bertz CT molecular complexity index is 235. The highest BCUT2D eigenvalue weighted by Crippen LogP contribution is 1.97. The molecule has 0 heterocycles. The fourth-order valence-electron chi connectivity index (χ4n) is 0.968. The molecule has 1 amide bonds. The molecule has 4 N–H and O–H groups in total. The number of hydrogen-bond acceptors (Lipinski definition) is 4. The van der Waals surface area contributed by atoms with E-state index in [-0.39, 0.29) is 13.1 Å². The summed E-state index contributed by atoms with van der Waals surface area (Å²) in [5, 5.41) is 23.1. The number of carboxylic acid groups (broad SMARTS) is 1. The third kappa shape index (κ3) is 7.90. The SMILES string of the molecule is CC(=O)NC(CNCC(C)(C)O)C(=O)O. The van der Waals surface area contributed by atoms with Crippen molar-refractivity contribution in [1.82, 2.24) is 10.6 Å². The lowest BCUT2D eigenvalue weighted by atomic mass is 10.1. The highest BCUT2D eigenvalue weighted by molar-refractivity contribution is 5.82. The van der Waals surface area contributed by atoms with Gasteiger partial charge in [-0.3, -0.25) is 4.79 Å². The van der Waals surface area contributed by atoms with Crippen LogP contribution in [0.25, 0.3) is 0 Å². The van der Waals surface area contributed by atoms with E-state index in [0.717, 1.165) is 0 Å². The van der Waals surface area contributed by atoms with Gasteiger partial charge in [0.1, 0.15) is 6.04 Å². The van der Waals surface area contributed by atoms with Crippen LogP contribution in [0.15, 0.2) is 0 Å². The molecule has 0 aliphatic rings. The lowest BCUT2D eigenvalue weighted by Crippen LogP contribution is -2.48. The van der Waals surface area contributed by atoms with Crippen molar-refractivity contribution in [2.45, 2.75) is 32.4 Å². The second-order valence-corrected chi connectivity index (χ2v) is 4.03. The predicted octanol–water partition coefficient (Wildman–Crippen LogP) is -1.06. The van der Waals surface area contributed by atoms with Gasteiger partial charge in [-0.05, 0) is 13.8 Å². The van der Waals surface area contributed by atoms with E-state index in [0.29, 0.717) is 0 Å². The molecule has 15 heavy (non-hydrogen) atoms. The molecule has 0 rings (SSSR count). The molecule has 0 spiro atoms. The Morgan fingerprint density at radius 1 is 1.40 bits per heavy atom. The van der Waals surface area contributed by atoms with Crippen LogP contribution in [-0.2, 0) is 9.59 Å². The molecule has 0 radical (unpaired) electrons. The van der Waals surface area contributed by atoms with Crippen molar-refractivity contribution in [1.29, 1.82) is 0 Å². The Hall–Kier alpha value is -1.14. The molecule has 6 nitrogen and oxygen atoms in total. The van der Waals surface area contributed by atoms with Crippen molar-refractivity contribution in [2.24, 2.45) is 0 Å². The van der Waals surface area contributed by atoms with E-state index in [1.165, 1.54) is 6.92 Å². The summed E-state index contributed by atoms with van der Waals surface area (Å²) < 4.78 is 0. The first-order chi connectivity index (χ1) is 6.72. The number of aliphatic hydroxyl groups is 1. The number of carbonyl (C=O) groups is 2. The molecule has 6 heteroatoms. The molecule has 1 atom stereocenters. The Kier molecular flexibility index (Phi) is 5.24. The second-order valence-electron chi connectivity index (χ2n) is 4.03. The summed E-state index contributed by atoms with van der Waals surface area (Å²) in [6.45, 7) is 4.81. The third-order valence-electron chi connectivity index (χ3n) is 1.58. The summed E-state index contributed by atoms with van der Waals surface area (Å²) in [7, 11) is 0. The molecule has 0 fully saturated rings. The van der Waals surface area contributed by atoms with Crippen LogP contribution in [0.5, 0.6) is 0 Å². The molecule has 0 saturated heterocycles. The van der Waals surface area contributed by atoms with Gasteiger partial charge in [0.25, 0.3) is 0 Å². The van der Waals surface area contributed by atoms with E-state index in [9.17, 15) is 14.7 Å². The quantitative estimate of drug-likeness (QED) is 0.455. The second kappa shape index (κ2) is 5.67. The summed E-state index contributed by atoms with van der Waals surface area (Å²) in [5.74, 6) is -1.50. The van der Waals surface area contributed by atoms with Crippen molar-refractivity contribution in [2.75, 3.05) is 13.1 Å². The van der Waals surface area contributed by atoms with Crippen LogP contribution in [0.4, 0.5) is 0 Å². The zero-order valence-corrected chi connectivity index (χ0v) is 9.20. The van der Waals surface area contributed by atoms with Crippen LogP contribution in [0.1, 0.15) is 20.8 Å². The Labute approximate surface area is 88.7 Å². The monoisotopic (exact) mass is 218 g/mol. The molecule has 0 aliphatic carbocycles. The molecule has 88 valence electrons. The molecule has 0 aromatic rings. The van der Waals surface area contributed by atoms with Gasteiger partial charge in [0.2, 0.25) is 5.91 Å². The number of amides is 1. The van der Waals surface area contributed by atoms with Crippen LogP contribution in [0.2, 0.25) is 0 Å². The maximum atomic E-state index is 10.7. The topological polar surface area (TPSA) is 98.7 Å². The van der Waals surface area contributed by atoms with Crippen molar-refractivity contribution >= 4 is 11.9 Å². The standard InChI is InChI=1S/C9H18N2O4/c1-6(12)11-7(8(13)14)4-10-5-9(2,3)15/h7,10,15H,4-5H2,1-3H3,(H,11,12)(H,13,14). The third-order valence-corrected chi connectivity index (χ3v) is 1.58. The van der Waals surface area contributed by atoms with Crippen molar-refractivity contribution < 1.29 is 19.8 Å². The number of carbonyl (C=O) groups excluding carboxylic acids is 1. The molecular formula is C9H18N2O4. The van der Waals surface area contributed by atoms with Crippen molar-refractivity contribution in [3.63, 3.8) is 0 Å². The van der Waals surface area contributed by atoms with Crippen LogP contribution in [0, 0.1) is 0 Å². The first-order valence-corrected chi connectivity index (χ1v) is 4.65. The molecule has 0 bridgehead atoms. The maximum Gasteiger partial charge on any atom is 0.327 e. The van der Waals surface area contributed by atoms with Crippen LogP contribution >= 0.6 is 0 Å². The zero-order valence-electron chi connectivity index (χ0n) is 9.20. The predicted molar refractivity (Wildman–Crippen MR) is 54.4 cm³/mol. The van der Waals surface area contributed by atoms with E-state index in [4.69, 9.17) is 5.11 Å². The van der Waals surface area contributed by atoms with Gasteiger partial charge < -0.3 is 20.8 Å². The van der Waals surface area contributed by atoms with E-state index >= 15 is 0 Å². The first kappa shape index (κ1) is 13.9. The van der Waals surface area contributed by atoms with Gasteiger partial charge in [-0.1, -0.05) is 0 Å². The minimum absolute atomic E-state index is 0.0822. The summed E-state index contributed by atoms with van der Waals surface area (Å²) in [6, 6.07) is -0.968. The molecule has 1 unspecified atom stereocenters. The number of carboxylic acids is 1. The van der Waals surface area contributed by atoms with Gasteiger partial charge in [0.15, 0.2) is 0 Å². The van der Waals surface area contributed by atoms with Gasteiger partial charge in [-0.15, -0.1) is 0 Å². The van der Waals surface area contributed by atoms with E-state index < -0.39 is 23.5 Å². The van der Waals surface area contributed by atoms with Gasteiger partial charge in [0.05, 0.1) is 5.60 Å². The Morgan fingerprint density at radius 2 is 1.93 bits per heavy atom. The lowest BCUT2D eigenvalue weighted by Gasteiger charge is -2.20. The fourth-order valence-corrected chi connectivity index (χ4v) is 0.968. The van der Waals surface area contributed by atoms with Crippen molar-refractivity contribution in [3.8, 4) is 0 Å². The first-order valence-electron chi connectivity index (χ1n) is 4.65. The van der Waals surface area contributed by atoms with Crippen LogP contribution in [-0.4, -0.2) is 46.8 Å². The normalized spacial score (nSPS) is 13.3. The largest absolute Gasteiger partial charge is 0.480 e. The summed E-state index contributed by atoms with van der Waals surface area (Å²) in [4.78, 5) is 21.3. The van der Waals surface area contributed by atoms with Gasteiger partial charge in [-0.2, -0.15) is 0 Å². The summed E-state index contributed by atoms with van der Waals surface area (Å²) >= 11 is 0. The minimum Gasteiger partial charge on any atom is -0.480 e. The lowest BCUT2D eigenvalue weighted by molar-refractivity contribution is -0.141. The number of nitrogens with one attached hydrogen (secondary N) is 2. The molecule has 0 saturated carbocycles. The average molecular weight is 218 g/mol. The Morgan fingerprint density at radius 3 is 2.27 bits per heavy atom. The molecule has 0 aromatic heterocycles. The van der Waals surface area contributed by atoms with Gasteiger partial charge in [-0.25, -0.2) is 4.79 Å². The molecule has 0 aromatic carbocycles. The minimum atomic E-state index is -1.10. The molecule has 0 aliphatic heterocycles. The fraction of sp³-hybridized carbons (Fsp3) is 0.778. The van der Waals surface area contributed by atoms with E-state index in [1.54, 1.807) is 13.8 Å². The summed E-state index contributed by atoms with van der Waals surface area (Å²) in [6.07, 6.45) is 0. The zero-order chi connectivity index (χ0) is 12.1. The number of aliphatic carboxylic acids is 1. The smallest absolute Gasteiger partial charge is 0.327 e. The average Bonchev–Trinajstić information content (AvgIpc) is 1.99. The number of rotatable bonds is 6. The molecular weight excluding hydrogens is 200 g/mol. The highest BCUT2D eigenvalue weighted by Gasteiger charge is 2.19. The highest BCUT2D eigenvalue weighted by atomic mass is 16.4. The van der Waals surface area contributed by atoms with E-state index in [1.807, 2.05) is 0 Å². The maximum absolute atomic E-state index is 10.7. The number of hydrogen-bond donors (Lipinski definition) is 4. The van der Waals surface area contributed by atoms with Crippen molar-refractivity contribution in [3.05, 3.63) is 0 Å². The van der Waals surface area contributed by atoms with E-state index in [2.05, 4.69) is 10.6 Å². The van der Waals surface area contributed by atoms with Crippen LogP contribution < -0.4 is 10.6 Å². The van der Waals surface area contributed by atoms with Gasteiger partial charge in [0, 0.05) is 20.0 Å². The summed E-state index contributed by atoms with van der Waals surface area (Å²) in [5.41, 5.74) is -0.903. The Balaban J connectivity index is 3.98.